The predicted octanol–water partition coefficient (Wildman–Crippen LogP) is 2.48. The number of hydrogen-bond donors (Lipinski definition) is 1. The van der Waals surface area contributed by atoms with Crippen molar-refractivity contribution in [3.8, 4) is 0 Å². The van der Waals surface area contributed by atoms with E-state index in [9.17, 15) is 13.2 Å². The van der Waals surface area contributed by atoms with Crippen LogP contribution in [0, 0.1) is 5.92 Å². The Kier molecular flexibility index (Phi) is 4.51. The molecule has 0 radical (unpaired) electrons. The number of alkyl carbamates (subject to hydrolysis) is 1. The van der Waals surface area contributed by atoms with Crippen molar-refractivity contribution in [3.05, 3.63) is 0 Å². The lowest BCUT2D eigenvalue weighted by atomic mass is 9.71. The fourth-order valence-corrected chi connectivity index (χ4v) is 5.99. The molecule has 21 heavy (non-hydrogen) atoms. The lowest BCUT2D eigenvalue weighted by Gasteiger charge is -2.50. The molecule has 1 atom stereocenters. The Balaban J connectivity index is 1.98. The van der Waals surface area contributed by atoms with E-state index in [0.29, 0.717) is 31.6 Å². The number of halogens is 1. The van der Waals surface area contributed by atoms with E-state index >= 15 is 0 Å². The molecule has 1 spiro atoms. The molecule has 0 aromatic rings. The first-order chi connectivity index (χ1) is 9.57. The van der Waals surface area contributed by atoms with E-state index in [1.165, 1.54) is 0 Å². The number of nitrogens with one attached hydrogen (secondary N) is 1. The van der Waals surface area contributed by atoms with Gasteiger partial charge in [-0.05, 0) is 52.4 Å². The van der Waals surface area contributed by atoms with Gasteiger partial charge in [0.05, 0.1) is 10.5 Å². The highest BCUT2D eigenvalue weighted by molar-refractivity contribution is 7.92. The summed E-state index contributed by atoms with van der Waals surface area (Å²) in [5.74, 6) is 0.908. The molecule has 2 aliphatic rings. The number of carbonyl (C=O) groups is 1. The SMILES string of the molecule is CC(C)(C)OC(=O)NC1CCS(=O)(=O)C2(CC(CCl)C2)C1. The summed E-state index contributed by atoms with van der Waals surface area (Å²) < 4.78 is 29.2. The van der Waals surface area contributed by atoms with Crippen molar-refractivity contribution < 1.29 is 17.9 Å². The third kappa shape index (κ3) is 3.65. The number of alkyl halides is 1. The predicted molar refractivity (Wildman–Crippen MR) is 82.4 cm³/mol. The van der Waals surface area contributed by atoms with Gasteiger partial charge in [-0.25, -0.2) is 13.2 Å². The van der Waals surface area contributed by atoms with Crippen LogP contribution in [0.15, 0.2) is 0 Å². The van der Waals surface area contributed by atoms with E-state index in [2.05, 4.69) is 5.32 Å². The summed E-state index contributed by atoms with van der Waals surface area (Å²) in [7, 11) is -3.08. The summed E-state index contributed by atoms with van der Waals surface area (Å²) in [6, 6.07) is -0.139. The zero-order valence-corrected chi connectivity index (χ0v) is 14.4. The average Bonchev–Trinajstić information content (AvgIpc) is 2.26. The normalized spacial score (nSPS) is 35.0. The van der Waals surface area contributed by atoms with Gasteiger partial charge < -0.3 is 10.1 Å². The molecule has 5 nitrogen and oxygen atoms in total. The first kappa shape index (κ1) is 16.9. The van der Waals surface area contributed by atoms with Crippen molar-refractivity contribution in [1.82, 2.24) is 5.32 Å². The van der Waals surface area contributed by atoms with Gasteiger partial charge in [-0.3, -0.25) is 0 Å². The van der Waals surface area contributed by atoms with Crippen molar-refractivity contribution in [3.63, 3.8) is 0 Å². The van der Waals surface area contributed by atoms with Crippen molar-refractivity contribution in [1.29, 1.82) is 0 Å². The minimum atomic E-state index is -3.08. The van der Waals surface area contributed by atoms with E-state index in [4.69, 9.17) is 16.3 Å². The molecule has 1 aliphatic carbocycles. The summed E-state index contributed by atoms with van der Waals surface area (Å²) >= 11 is 5.81. The summed E-state index contributed by atoms with van der Waals surface area (Å²) in [4.78, 5) is 11.8. The smallest absolute Gasteiger partial charge is 0.407 e. The maximum absolute atomic E-state index is 12.3. The summed E-state index contributed by atoms with van der Waals surface area (Å²) in [6.45, 7) is 5.41. The second-order valence-corrected chi connectivity index (χ2v) is 10.1. The Morgan fingerprint density at radius 2 is 1.95 bits per heavy atom. The van der Waals surface area contributed by atoms with Crippen molar-refractivity contribution in [2.45, 2.75) is 62.8 Å². The zero-order chi connectivity index (χ0) is 15.9. The number of hydrogen-bond acceptors (Lipinski definition) is 4. The minimum Gasteiger partial charge on any atom is -0.444 e. The molecule has 7 heteroatoms. The molecule has 2 fully saturated rings. The Morgan fingerprint density at radius 1 is 1.33 bits per heavy atom. The van der Waals surface area contributed by atoms with E-state index in [1.807, 2.05) is 0 Å². The van der Waals surface area contributed by atoms with Gasteiger partial charge in [0.15, 0.2) is 9.84 Å². The molecular formula is C14H24ClNO4S. The minimum absolute atomic E-state index is 0.127. The van der Waals surface area contributed by atoms with Crippen molar-refractivity contribution >= 4 is 27.5 Å². The number of sulfone groups is 1. The zero-order valence-electron chi connectivity index (χ0n) is 12.8. The molecule has 0 aromatic heterocycles. The second-order valence-electron chi connectivity index (χ2n) is 7.27. The van der Waals surface area contributed by atoms with Gasteiger partial charge in [0.1, 0.15) is 5.60 Å². The summed E-state index contributed by atoms with van der Waals surface area (Å²) in [5.41, 5.74) is -0.553. The Hall–Kier alpha value is -0.490. The van der Waals surface area contributed by atoms with Crippen LogP contribution in [0.4, 0.5) is 4.79 Å². The molecule has 122 valence electrons. The quantitative estimate of drug-likeness (QED) is 0.786. The monoisotopic (exact) mass is 337 g/mol. The molecule has 1 N–H and O–H groups in total. The highest BCUT2D eigenvalue weighted by Crippen LogP contribution is 2.50. The molecule has 1 saturated heterocycles. The third-order valence-corrected chi connectivity index (χ3v) is 7.30. The number of ether oxygens (including phenoxy) is 1. The van der Waals surface area contributed by atoms with E-state index < -0.39 is 26.3 Å². The number of rotatable bonds is 2. The molecule has 1 saturated carbocycles. The van der Waals surface area contributed by atoms with Gasteiger partial charge in [-0.15, -0.1) is 11.6 Å². The van der Waals surface area contributed by atoms with Crippen LogP contribution in [0.25, 0.3) is 0 Å². The second kappa shape index (κ2) is 5.61. The van der Waals surface area contributed by atoms with Crippen molar-refractivity contribution in [2.24, 2.45) is 5.92 Å². The highest BCUT2D eigenvalue weighted by Gasteiger charge is 2.56. The molecule has 1 aliphatic heterocycles. The Bertz CT molecular complexity index is 506. The fraction of sp³-hybridized carbons (Fsp3) is 0.929. The Labute approximate surface area is 131 Å². The fourth-order valence-electron chi connectivity index (χ4n) is 3.31. The molecule has 0 bridgehead atoms. The third-order valence-electron chi connectivity index (χ3n) is 4.27. The highest BCUT2D eigenvalue weighted by atomic mass is 35.5. The molecule has 0 aromatic carbocycles. The van der Waals surface area contributed by atoms with Crippen LogP contribution in [0.1, 0.15) is 46.5 Å². The van der Waals surface area contributed by atoms with Crippen LogP contribution < -0.4 is 5.32 Å². The van der Waals surface area contributed by atoms with Gasteiger partial charge in [-0.1, -0.05) is 0 Å². The van der Waals surface area contributed by atoms with E-state index in [1.54, 1.807) is 20.8 Å². The maximum atomic E-state index is 12.3. The molecular weight excluding hydrogens is 314 g/mol. The first-order valence-electron chi connectivity index (χ1n) is 7.35. The number of carbonyl (C=O) groups excluding carboxylic acids is 1. The Morgan fingerprint density at radius 3 is 2.48 bits per heavy atom. The standard InChI is InChI=1S/C14H24ClNO4S/c1-13(2,3)20-12(17)16-11-4-5-21(18,19)14(8-11)6-10(7-14)9-15/h10-11H,4-9H2,1-3H3,(H,16,17). The van der Waals surface area contributed by atoms with Gasteiger partial charge >= 0.3 is 6.09 Å². The largest absolute Gasteiger partial charge is 0.444 e. The lowest BCUT2D eigenvalue weighted by molar-refractivity contribution is 0.0486. The van der Waals surface area contributed by atoms with Crippen LogP contribution in [-0.4, -0.2) is 42.5 Å². The van der Waals surface area contributed by atoms with Gasteiger partial charge in [0.25, 0.3) is 0 Å². The van der Waals surface area contributed by atoms with Crippen LogP contribution in [-0.2, 0) is 14.6 Å². The first-order valence-corrected chi connectivity index (χ1v) is 9.53. The van der Waals surface area contributed by atoms with Gasteiger partial charge in [0, 0.05) is 11.9 Å². The van der Waals surface area contributed by atoms with E-state index in [0.717, 1.165) is 0 Å². The van der Waals surface area contributed by atoms with Crippen LogP contribution in [0.5, 0.6) is 0 Å². The van der Waals surface area contributed by atoms with E-state index in [-0.39, 0.29) is 17.7 Å². The van der Waals surface area contributed by atoms with Crippen LogP contribution >= 0.6 is 11.6 Å². The summed E-state index contributed by atoms with van der Waals surface area (Å²) in [5, 5.41) is 2.81. The molecule has 1 heterocycles. The lowest BCUT2D eigenvalue weighted by Crippen LogP contribution is -2.59. The van der Waals surface area contributed by atoms with Crippen LogP contribution in [0.3, 0.4) is 0 Å². The topological polar surface area (TPSA) is 72.5 Å². The molecule has 1 unspecified atom stereocenters. The molecule has 1 amide bonds. The van der Waals surface area contributed by atoms with Gasteiger partial charge in [-0.2, -0.15) is 0 Å². The van der Waals surface area contributed by atoms with Crippen molar-refractivity contribution in [2.75, 3.05) is 11.6 Å². The molecule has 2 rings (SSSR count). The average molecular weight is 338 g/mol. The van der Waals surface area contributed by atoms with Crippen LogP contribution in [0.2, 0.25) is 0 Å². The van der Waals surface area contributed by atoms with Gasteiger partial charge in [0.2, 0.25) is 0 Å². The number of amides is 1. The maximum Gasteiger partial charge on any atom is 0.407 e. The summed E-state index contributed by atoms with van der Waals surface area (Å²) in [6.07, 6.45) is 1.68.